The lowest BCUT2D eigenvalue weighted by Crippen LogP contribution is -2.33. The van der Waals surface area contributed by atoms with Crippen LogP contribution < -0.4 is 4.90 Å². The number of aromatic nitrogens is 1. The first kappa shape index (κ1) is 22.8. The Labute approximate surface area is 183 Å². The van der Waals surface area contributed by atoms with Gasteiger partial charge in [-0.1, -0.05) is 40.6 Å². The van der Waals surface area contributed by atoms with E-state index in [1.165, 1.54) is 23.5 Å². The average Bonchev–Trinajstić information content (AvgIpc) is 3.03. The van der Waals surface area contributed by atoms with Gasteiger partial charge >= 0.3 is 0 Å². The highest BCUT2D eigenvalue weighted by molar-refractivity contribution is 7.22. The number of para-hydroxylation sites is 1. The first-order chi connectivity index (χ1) is 12.9. The summed E-state index contributed by atoms with van der Waals surface area (Å²) in [5, 5.41) is 1.16. The van der Waals surface area contributed by atoms with E-state index in [9.17, 15) is 9.18 Å². The highest BCUT2D eigenvalue weighted by atomic mass is 35.5. The van der Waals surface area contributed by atoms with Gasteiger partial charge in [-0.25, -0.2) is 9.37 Å². The van der Waals surface area contributed by atoms with Crippen molar-refractivity contribution in [3.05, 3.63) is 57.8 Å². The smallest absolute Gasteiger partial charge is 0.261 e. The van der Waals surface area contributed by atoms with Crippen LogP contribution in [0.1, 0.15) is 16.8 Å². The predicted molar refractivity (Wildman–Crippen MR) is 118 cm³/mol. The fourth-order valence-corrected chi connectivity index (χ4v) is 4.19. The topological polar surface area (TPSA) is 36.4 Å². The Morgan fingerprint density at radius 2 is 1.89 bits per heavy atom. The molecule has 4 nitrogen and oxygen atoms in total. The first-order valence-electron chi connectivity index (χ1n) is 8.33. The number of hydrogen-bond acceptors (Lipinski definition) is 4. The molecule has 0 atom stereocenters. The predicted octanol–water partition coefficient (Wildman–Crippen LogP) is 5.76. The molecular weight excluding hydrogens is 444 g/mol. The fourth-order valence-electron chi connectivity index (χ4n) is 2.66. The van der Waals surface area contributed by atoms with Crippen molar-refractivity contribution in [1.29, 1.82) is 0 Å². The van der Waals surface area contributed by atoms with Crippen LogP contribution in [-0.4, -0.2) is 43.0 Å². The van der Waals surface area contributed by atoms with Crippen molar-refractivity contribution in [2.24, 2.45) is 0 Å². The molecule has 28 heavy (non-hydrogen) atoms. The van der Waals surface area contributed by atoms with Crippen LogP contribution in [0.25, 0.3) is 10.2 Å². The van der Waals surface area contributed by atoms with Gasteiger partial charge in [0, 0.05) is 6.54 Å². The monoisotopic (exact) mass is 461 g/mol. The van der Waals surface area contributed by atoms with Gasteiger partial charge in [0.15, 0.2) is 5.13 Å². The summed E-state index contributed by atoms with van der Waals surface area (Å²) in [5.41, 5.74) is 0.906. The van der Waals surface area contributed by atoms with Crippen molar-refractivity contribution in [2.45, 2.75) is 6.42 Å². The molecule has 0 spiro atoms. The van der Waals surface area contributed by atoms with Gasteiger partial charge in [-0.2, -0.15) is 0 Å². The number of amides is 1. The molecule has 0 saturated heterocycles. The zero-order chi connectivity index (χ0) is 19.6. The molecule has 3 aromatic rings. The Kier molecular flexibility index (Phi) is 8.04. The number of anilines is 1. The van der Waals surface area contributed by atoms with Crippen molar-refractivity contribution in [3.63, 3.8) is 0 Å². The van der Waals surface area contributed by atoms with Crippen LogP contribution in [0.5, 0.6) is 0 Å². The summed E-state index contributed by atoms with van der Waals surface area (Å²) < 4.78 is 14.3. The lowest BCUT2D eigenvalue weighted by Gasteiger charge is -2.21. The molecule has 0 radical (unpaired) electrons. The highest BCUT2D eigenvalue weighted by Crippen LogP contribution is 2.34. The molecule has 0 fully saturated rings. The number of rotatable bonds is 6. The minimum absolute atomic E-state index is 0. The number of nitrogens with zero attached hydrogens (tertiary/aromatic N) is 3. The van der Waals surface area contributed by atoms with E-state index in [2.05, 4.69) is 4.98 Å². The van der Waals surface area contributed by atoms with Crippen molar-refractivity contribution in [3.8, 4) is 0 Å². The van der Waals surface area contributed by atoms with Crippen LogP contribution >= 0.6 is 46.9 Å². The van der Waals surface area contributed by atoms with Gasteiger partial charge in [0.2, 0.25) is 0 Å². The minimum atomic E-state index is -0.484. The van der Waals surface area contributed by atoms with Crippen LogP contribution in [-0.2, 0) is 0 Å². The SMILES string of the molecule is CN(C)CCCN(C(=O)c1ccc(F)cc1Cl)c1nc2c(Cl)cccc2s1.Cl. The number of carbonyl (C=O) groups is 1. The van der Waals surface area contributed by atoms with Gasteiger partial charge < -0.3 is 4.90 Å². The number of hydrogen-bond donors (Lipinski definition) is 0. The van der Waals surface area contributed by atoms with Gasteiger partial charge in [0.05, 0.1) is 20.3 Å². The van der Waals surface area contributed by atoms with Crippen LogP contribution in [0.3, 0.4) is 0 Å². The maximum Gasteiger partial charge on any atom is 0.261 e. The highest BCUT2D eigenvalue weighted by Gasteiger charge is 2.23. The maximum absolute atomic E-state index is 13.4. The van der Waals surface area contributed by atoms with E-state index >= 15 is 0 Å². The Hall–Kier alpha value is -1.44. The zero-order valence-corrected chi connectivity index (χ0v) is 18.4. The van der Waals surface area contributed by atoms with Gasteiger partial charge in [-0.15, -0.1) is 12.4 Å². The largest absolute Gasteiger partial charge is 0.309 e. The normalized spacial score (nSPS) is 10.9. The van der Waals surface area contributed by atoms with Crippen molar-refractivity contribution < 1.29 is 9.18 Å². The minimum Gasteiger partial charge on any atom is -0.309 e. The van der Waals surface area contributed by atoms with E-state index in [-0.39, 0.29) is 28.9 Å². The molecule has 1 aromatic heterocycles. The van der Waals surface area contributed by atoms with E-state index in [0.717, 1.165) is 23.7 Å². The second-order valence-corrected chi connectivity index (χ2v) is 8.14. The maximum atomic E-state index is 13.4. The number of thiazole rings is 1. The van der Waals surface area contributed by atoms with Gasteiger partial charge in [0.25, 0.3) is 5.91 Å². The summed E-state index contributed by atoms with van der Waals surface area (Å²) in [7, 11) is 3.95. The number of benzene rings is 2. The molecule has 0 aliphatic carbocycles. The molecule has 1 heterocycles. The molecular formula is C19H19Cl3FN3OS. The average molecular weight is 463 g/mol. The van der Waals surface area contributed by atoms with E-state index in [1.807, 2.05) is 31.1 Å². The Morgan fingerprint density at radius 3 is 2.54 bits per heavy atom. The third-order valence-corrected chi connectivity index (χ3v) is 5.64. The Bertz CT molecular complexity index is 980. The molecule has 0 aliphatic rings. The summed E-state index contributed by atoms with van der Waals surface area (Å²) in [6.45, 7) is 1.27. The first-order valence-corrected chi connectivity index (χ1v) is 9.91. The molecule has 9 heteroatoms. The summed E-state index contributed by atoms with van der Waals surface area (Å²) in [6, 6.07) is 9.30. The van der Waals surface area contributed by atoms with Gasteiger partial charge in [-0.3, -0.25) is 9.69 Å². The molecule has 0 N–H and O–H groups in total. The third kappa shape index (κ3) is 5.13. The molecule has 2 aromatic carbocycles. The summed E-state index contributed by atoms with van der Waals surface area (Å²) >= 11 is 13.7. The molecule has 0 aliphatic heterocycles. The van der Waals surface area contributed by atoms with Crippen LogP contribution in [0.4, 0.5) is 9.52 Å². The zero-order valence-electron chi connectivity index (χ0n) is 15.3. The molecule has 1 amide bonds. The van der Waals surface area contributed by atoms with Crippen LogP contribution in [0, 0.1) is 5.82 Å². The van der Waals surface area contributed by atoms with Gasteiger partial charge in [-0.05, 0) is 57.4 Å². The van der Waals surface area contributed by atoms with Crippen molar-refractivity contribution >= 4 is 68.2 Å². The lowest BCUT2D eigenvalue weighted by molar-refractivity contribution is 0.0986. The molecule has 0 bridgehead atoms. The lowest BCUT2D eigenvalue weighted by atomic mass is 10.2. The van der Waals surface area contributed by atoms with E-state index < -0.39 is 5.82 Å². The second-order valence-electron chi connectivity index (χ2n) is 6.32. The summed E-state index contributed by atoms with van der Waals surface area (Å²) in [4.78, 5) is 21.4. The Morgan fingerprint density at radius 1 is 1.14 bits per heavy atom. The second kappa shape index (κ2) is 9.85. The van der Waals surface area contributed by atoms with Crippen LogP contribution in [0.2, 0.25) is 10.0 Å². The van der Waals surface area contributed by atoms with Crippen molar-refractivity contribution in [1.82, 2.24) is 9.88 Å². The van der Waals surface area contributed by atoms with E-state index in [4.69, 9.17) is 23.2 Å². The van der Waals surface area contributed by atoms with Crippen molar-refractivity contribution in [2.75, 3.05) is 32.1 Å². The van der Waals surface area contributed by atoms with Gasteiger partial charge in [0.1, 0.15) is 11.3 Å². The fraction of sp³-hybridized carbons (Fsp3) is 0.263. The quantitative estimate of drug-likeness (QED) is 0.467. The number of halogens is 4. The number of carbonyl (C=O) groups excluding carboxylic acids is 1. The molecule has 3 rings (SSSR count). The molecule has 150 valence electrons. The van der Waals surface area contributed by atoms with E-state index in [1.54, 1.807) is 11.0 Å². The van der Waals surface area contributed by atoms with E-state index in [0.29, 0.717) is 22.2 Å². The molecule has 0 saturated carbocycles. The summed E-state index contributed by atoms with van der Waals surface area (Å²) in [5.74, 6) is -0.795. The standard InChI is InChI=1S/C19H18Cl2FN3OS.ClH/c1-24(2)9-4-10-25(18(26)13-8-7-12(22)11-15(13)21)19-23-17-14(20)5-3-6-16(17)27-19;/h3,5-8,11H,4,9-10H2,1-2H3;1H. The summed E-state index contributed by atoms with van der Waals surface area (Å²) in [6.07, 6.45) is 0.751. The Balaban J connectivity index is 0.00000280. The third-order valence-electron chi connectivity index (χ3n) is 3.98. The van der Waals surface area contributed by atoms with Crippen LogP contribution in [0.15, 0.2) is 36.4 Å². The molecule has 0 unspecified atom stereocenters. The number of fused-ring (bicyclic) bond motifs is 1.